The molecule has 0 unspecified atom stereocenters. The van der Waals surface area contributed by atoms with Gasteiger partial charge in [-0.15, -0.1) is 0 Å². The fourth-order valence-electron chi connectivity index (χ4n) is 2.12. The molecule has 0 amide bonds. The van der Waals surface area contributed by atoms with E-state index in [9.17, 15) is 9.59 Å². The van der Waals surface area contributed by atoms with Crippen molar-refractivity contribution < 1.29 is 23.8 Å². The Morgan fingerprint density at radius 3 is 3.05 bits per heavy atom. The average Bonchev–Trinajstić information content (AvgIpc) is 2.43. The maximum Gasteiger partial charge on any atom is 0.338 e. The Hall–Kier alpha value is -1.88. The molecule has 0 radical (unpaired) electrons. The Balaban J connectivity index is 2.21. The summed E-state index contributed by atoms with van der Waals surface area (Å²) in [7, 11) is 1.54. The number of esters is 1. The Bertz CT molecular complexity index is 469. The van der Waals surface area contributed by atoms with Crippen molar-refractivity contribution in [1.82, 2.24) is 0 Å². The number of hydrogen-bond acceptors (Lipinski definition) is 5. The predicted octanol–water partition coefficient (Wildman–Crippen LogP) is 1.73. The molecule has 5 nitrogen and oxygen atoms in total. The van der Waals surface area contributed by atoms with Gasteiger partial charge in [0, 0.05) is 25.5 Å². The Kier molecular flexibility index (Phi) is 4.52. The average molecular weight is 264 g/mol. The van der Waals surface area contributed by atoms with Crippen molar-refractivity contribution in [1.29, 1.82) is 0 Å². The molecular formula is C14H16O5. The van der Waals surface area contributed by atoms with Crippen LogP contribution in [-0.2, 0) is 20.7 Å². The minimum Gasteiger partial charge on any atom is -0.467 e. The van der Waals surface area contributed by atoms with Gasteiger partial charge in [-0.1, -0.05) is 6.07 Å². The van der Waals surface area contributed by atoms with Gasteiger partial charge in [0.1, 0.15) is 18.1 Å². The van der Waals surface area contributed by atoms with E-state index in [0.29, 0.717) is 30.6 Å². The van der Waals surface area contributed by atoms with Crippen molar-refractivity contribution in [3.63, 3.8) is 0 Å². The van der Waals surface area contributed by atoms with Gasteiger partial charge in [-0.05, 0) is 18.6 Å². The highest BCUT2D eigenvalue weighted by Gasteiger charge is 2.28. The van der Waals surface area contributed by atoms with Crippen molar-refractivity contribution in [3.05, 3.63) is 29.3 Å². The number of ether oxygens (including phenoxy) is 3. The van der Waals surface area contributed by atoms with Crippen molar-refractivity contribution in [3.8, 4) is 5.75 Å². The zero-order chi connectivity index (χ0) is 13.7. The van der Waals surface area contributed by atoms with Crippen molar-refractivity contribution in [2.45, 2.75) is 25.4 Å². The number of hydrogen-bond donors (Lipinski definition) is 0. The van der Waals surface area contributed by atoms with Crippen LogP contribution in [0.2, 0.25) is 0 Å². The molecule has 5 heteroatoms. The number of rotatable bonds is 6. The van der Waals surface area contributed by atoms with Crippen LogP contribution in [0, 0.1) is 0 Å². The molecule has 2 rings (SSSR count). The van der Waals surface area contributed by atoms with Crippen LogP contribution >= 0.6 is 0 Å². The van der Waals surface area contributed by atoms with Gasteiger partial charge in [0.05, 0.1) is 5.56 Å². The van der Waals surface area contributed by atoms with E-state index in [-0.39, 0.29) is 18.9 Å². The Morgan fingerprint density at radius 2 is 2.32 bits per heavy atom. The predicted molar refractivity (Wildman–Crippen MR) is 67.2 cm³/mol. The Morgan fingerprint density at radius 1 is 1.47 bits per heavy atom. The third kappa shape index (κ3) is 3.12. The molecule has 0 saturated heterocycles. The van der Waals surface area contributed by atoms with Crippen LogP contribution < -0.4 is 4.74 Å². The number of methoxy groups -OCH3 is 1. The number of fused-ring (bicyclic) bond motifs is 1. The summed E-state index contributed by atoms with van der Waals surface area (Å²) in [4.78, 5) is 22.3. The fourth-order valence-corrected chi connectivity index (χ4v) is 2.12. The van der Waals surface area contributed by atoms with E-state index in [4.69, 9.17) is 14.2 Å². The van der Waals surface area contributed by atoms with Gasteiger partial charge >= 0.3 is 5.97 Å². The zero-order valence-corrected chi connectivity index (χ0v) is 10.8. The van der Waals surface area contributed by atoms with E-state index in [1.54, 1.807) is 18.2 Å². The molecule has 0 N–H and O–H groups in total. The van der Waals surface area contributed by atoms with Crippen molar-refractivity contribution >= 4 is 12.3 Å². The van der Waals surface area contributed by atoms with Crippen LogP contribution in [0.25, 0.3) is 0 Å². The molecule has 1 aromatic rings. The summed E-state index contributed by atoms with van der Waals surface area (Å²) >= 11 is 0. The first-order chi connectivity index (χ1) is 9.26. The smallest absolute Gasteiger partial charge is 0.338 e. The lowest BCUT2D eigenvalue weighted by Gasteiger charge is -2.25. The number of cyclic esters (lactones) is 1. The van der Waals surface area contributed by atoms with E-state index < -0.39 is 0 Å². The number of carbonyl (C=O) groups is 2. The molecule has 1 aliphatic heterocycles. The van der Waals surface area contributed by atoms with Gasteiger partial charge in [-0.3, -0.25) is 0 Å². The van der Waals surface area contributed by atoms with Crippen molar-refractivity contribution in [2.75, 3.05) is 13.9 Å². The highest BCUT2D eigenvalue weighted by Crippen LogP contribution is 2.30. The monoisotopic (exact) mass is 264 g/mol. The summed E-state index contributed by atoms with van der Waals surface area (Å²) in [5.41, 5.74) is 1.35. The molecule has 19 heavy (non-hydrogen) atoms. The normalized spacial score (nSPS) is 17.5. The number of carbonyl (C=O) groups excluding carboxylic acids is 2. The van der Waals surface area contributed by atoms with Crippen molar-refractivity contribution in [2.24, 2.45) is 0 Å². The van der Waals surface area contributed by atoms with Gasteiger partial charge in [-0.2, -0.15) is 0 Å². The molecule has 0 bridgehead atoms. The quantitative estimate of drug-likeness (QED) is 0.445. The lowest BCUT2D eigenvalue weighted by molar-refractivity contribution is -0.108. The Labute approximate surface area is 111 Å². The molecule has 1 atom stereocenters. The second-order valence-corrected chi connectivity index (χ2v) is 4.31. The maximum atomic E-state index is 11.9. The van der Waals surface area contributed by atoms with E-state index in [0.717, 1.165) is 11.8 Å². The van der Waals surface area contributed by atoms with Crippen LogP contribution in [0.15, 0.2) is 18.2 Å². The fraction of sp³-hybridized carbons (Fsp3) is 0.429. The highest BCUT2D eigenvalue weighted by molar-refractivity contribution is 5.93. The summed E-state index contributed by atoms with van der Waals surface area (Å²) in [6.07, 6.45) is 2.05. The molecule has 102 valence electrons. The van der Waals surface area contributed by atoms with Crippen LogP contribution in [0.3, 0.4) is 0 Å². The molecule has 0 aromatic heterocycles. The minimum absolute atomic E-state index is 0.129. The van der Waals surface area contributed by atoms with Gasteiger partial charge in [0.2, 0.25) is 0 Å². The van der Waals surface area contributed by atoms with Crippen LogP contribution in [0.1, 0.15) is 28.8 Å². The third-order valence-corrected chi connectivity index (χ3v) is 3.00. The second-order valence-electron chi connectivity index (χ2n) is 4.31. The maximum absolute atomic E-state index is 11.9. The van der Waals surface area contributed by atoms with Crippen LogP contribution in [0.5, 0.6) is 5.75 Å². The first-order valence-electron chi connectivity index (χ1n) is 6.14. The summed E-state index contributed by atoms with van der Waals surface area (Å²) in [5.74, 6) is 0.270. The van der Waals surface area contributed by atoms with E-state index >= 15 is 0 Å². The molecule has 0 saturated carbocycles. The largest absolute Gasteiger partial charge is 0.467 e. The number of benzene rings is 1. The lowest BCUT2D eigenvalue weighted by atomic mass is 9.95. The molecule has 0 fully saturated rings. The minimum atomic E-state index is -0.361. The standard InChI is InChI=1S/C14H16O5/c1-17-9-18-13-6-2-5-11-12(13)8-10(4-3-7-15)19-14(11)16/h2,5-7,10H,3-4,8-9H2,1H3/t10-/m0/s1. The molecule has 0 aliphatic carbocycles. The topological polar surface area (TPSA) is 61.8 Å². The zero-order valence-electron chi connectivity index (χ0n) is 10.8. The third-order valence-electron chi connectivity index (χ3n) is 3.00. The summed E-state index contributed by atoms with van der Waals surface area (Å²) in [5, 5.41) is 0. The van der Waals surface area contributed by atoms with Gasteiger partial charge in [0.15, 0.2) is 6.79 Å². The highest BCUT2D eigenvalue weighted by atomic mass is 16.7. The van der Waals surface area contributed by atoms with E-state index in [2.05, 4.69) is 0 Å². The first kappa shape index (κ1) is 13.5. The van der Waals surface area contributed by atoms with Crippen LogP contribution in [0.4, 0.5) is 0 Å². The molecule has 1 aliphatic rings. The first-order valence-corrected chi connectivity index (χ1v) is 6.14. The molecule has 0 spiro atoms. The van der Waals surface area contributed by atoms with E-state index in [1.807, 2.05) is 0 Å². The summed E-state index contributed by atoms with van der Waals surface area (Å²) in [6, 6.07) is 5.26. The summed E-state index contributed by atoms with van der Waals surface area (Å²) < 4.78 is 15.6. The SMILES string of the molecule is COCOc1cccc2c1C[C@H](CCC=O)OC2=O. The number of aldehydes is 1. The molecular weight excluding hydrogens is 248 g/mol. The summed E-state index contributed by atoms with van der Waals surface area (Å²) in [6.45, 7) is 0.129. The van der Waals surface area contributed by atoms with Gasteiger partial charge in [-0.25, -0.2) is 4.79 Å². The molecule has 1 heterocycles. The molecule has 1 aromatic carbocycles. The van der Waals surface area contributed by atoms with Gasteiger partial charge in [0.25, 0.3) is 0 Å². The van der Waals surface area contributed by atoms with Crippen LogP contribution in [-0.4, -0.2) is 32.3 Å². The second kappa shape index (κ2) is 6.33. The van der Waals surface area contributed by atoms with E-state index in [1.165, 1.54) is 7.11 Å². The lowest BCUT2D eigenvalue weighted by Crippen LogP contribution is -2.28. The van der Waals surface area contributed by atoms with Gasteiger partial charge < -0.3 is 19.0 Å².